The van der Waals surface area contributed by atoms with Crippen molar-refractivity contribution in [2.45, 2.75) is 12.3 Å². The van der Waals surface area contributed by atoms with Gasteiger partial charge in [-0.2, -0.15) is 5.10 Å². The molecule has 1 fully saturated rings. The number of ether oxygens (including phenoxy) is 2. The summed E-state index contributed by atoms with van der Waals surface area (Å²) in [5.74, 6) is -0.914. The van der Waals surface area contributed by atoms with Gasteiger partial charge in [0.25, 0.3) is 0 Å². The van der Waals surface area contributed by atoms with Gasteiger partial charge in [0.1, 0.15) is 19.2 Å². The van der Waals surface area contributed by atoms with E-state index in [1.54, 1.807) is 29.2 Å². The fraction of sp³-hybridized carbons (Fsp3) is 0.333. The van der Waals surface area contributed by atoms with Gasteiger partial charge in [-0.15, -0.1) is 0 Å². The van der Waals surface area contributed by atoms with Gasteiger partial charge in [-0.05, 0) is 18.2 Å². The highest BCUT2D eigenvalue weighted by molar-refractivity contribution is 6.34. The molecular weight excluding hydrogens is 289 g/mol. The quantitative estimate of drug-likeness (QED) is 0.874. The lowest BCUT2D eigenvalue weighted by Crippen LogP contribution is -2.33. The second-order valence-electron chi connectivity index (χ2n) is 4.20. The van der Waals surface area contributed by atoms with E-state index in [1.165, 1.54) is 6.33 Å². The largest absolute Gasteiger partial charge is 0.342 e. The molecule has 0 spiro atoms. The molecule has 0 aliphatic carbocycles. The van der Waals surface area contributed by atoms with Crippen LogP contribution in [0.25, 0.3) is 0 Å². The molecule has 1 saturated heterocycles. The Morgan fingerprint density at radius 1 is 1.16 bits per heavy atom. The number of hydrogen-bond acceptors (Lipinski definition) is 4. The predicted molar refractivity (Wildman–Crippen MR) is 70.1 cm³/mol. The van der Waals surface area contributed by atoms with Gasteiger partial charge < -0.3 is 9.47 Å². The van der Waals surface area contributed by atoms with Crippen LogP contribution in [0.4, 0.5) is 0 Å². The standard InChI is InChI=1S/C12H11Cl2N3O2/c13-10-3-9(4-11(14)5-10)12(18-1-2-19-12)6-17-8-15-7-16-17/h3-5,7-8H,1-2,6H2. The maximum atomic E-state index is 6.04. The van der Waals surface area contributed by atoms with Gasteiger partial charge in [0.05, 0.1) is 13.2 Å². The van der Waals surface area contributed by atoms with Crippen molar-refractivity contribution < 1.29 is 9.47 Å². The molecule has 0 atom stereocenters. The van der Waals surface area contributed by atoms with E-state index < -0.39 is 5.79 Å². The molecule has 0 bridgehead atoms. The first-order valence-electron chi connectivity index (χ1n) is 5.75. The number of hydrogen-bond donors (Lipinski definition) is 0. The van der Waals surface area contributed by atoms with Crippen molar-refractivity contribution in [3.63, 3.8) is 0 Å². The lowest BCUT2D eigenvalue weighted by Gasteiger charge is -2.27. The van der Waals surface area contributed by atoms with Gasteiger partial charge in [0.2, 0.25) is 5.79 Å². The summed E-state index contributed by atoms with van der Waals surface area (Å²) in [6.07, 6.45) is 3.08. The third kappa shape index (κ3) is 2.60. The van der Waals surface area contributed by atoms with E-state index in [0.29, 0.717) is 29.8 Å². The van der Waals surface area contributed by atoms with E-state index in [0.717, 1.165) is 5.56 Å². The number of rotatable bonds is 3. The molecule has 7 heteroatoms. The Kier molecular flexibility index (Phi) is 3.45. The third-order valence-corrected chi connectivity index (χ3v) is 3.33. The van der Waals surface area contributed by atoms with Gasteiger partial charge in [-0.3, -0.25) is 0 Å². The monoisotopic (exact) mass is 299 g/mol. The summed E-state index contributed by atoms with van der Waals surface area (Å²) in [6, 6.07) is 5.25. The molecule has 1 aromatic carbocycles. The molecule has 1 aromatic heterocycles. The molecule has 19 heavy (non-hydrogen) atoms. The Morgan fingerprint density at radius 2 is 1.84 bits per heavy atom. The van der Waals surface area contributed by atoms with Crippen LogP contribution >= 0.6 is 23.2 Å². The van der Waals surface area contributed by atoms with Gasteiger partial charge in [-0.25, -0.2) is 9.67 Å². The molecule has 0 saturated carbocycles. The number of benzene rings is 1. The zero-order valence-corrected chi connectivity index (χ0v) is 11.4. The molecular formula is C12H11Cl2N3O2. The number of aromatic nitrogens is 3. The summed E-state index contributed by atoms with van der Waals surface area (Å²) >= 11 is 12.1. The summed E-state index contributed by atoms with van der Waals surface area (Å²) < 4.78 is 13.2. The fourth-order valence-corrected chi connectivity index (χ4v) is 2.63. The molecule has 0 N–H and O–H groups in total. The van der Waals surface area contributed by atoms with Crippen LogP contribution in [0.1, 0.15) is 5.56 Å². The lowest BCUT2D eigenvalue weighted by molar-refractivity contribution is -0.177. The molecule has 3 rings (SSSR count). The van der Waals surface area contributed by atoms with Crippen LogP contribution in [0, 0.1) is 0 Å². The van der Waals surface area contributed by atoms with Crippen LogP contribution in [0.5, 0.6) is 0 Å². The second kappa shape index (κ2) is 5.09. The maximum absolute atomic E-state index is 6.04. The maximum Gasteiger partial charge on any atom is 0.215 e. The molecule has 0 amide bonds. The van der Waals surface area contributed by atoms with E-state index in [2.05, 4.69) is 10.1 Å². The van der Waals surface area contributed by atoms with Crippen molar-refractivity contribution in [3.05, 3.63) is 46.5 Å². The third-order valence-electron chi connectivity index (χ3n) is 2.89. The van der Waals surface area contributed by atoms with Crippen molar-refractivity contribution >= 4 is 23.2 Å². The van der Waals surface area contributed by atoms with Gasteiger partial charge in [0.15, 0.2) is 0 Å². The van der Waals surface area contributed by atoms with Crippen molar-refractivity contribution in [2.24, 2.45) is 0 Å². The first kappa shape index (κ1) is 12.9. The molecule has 100 valence electrons. The van der Waals surface area contributed by atoms with E-state index in [9.17, 15) is 0 Å². The van der Waals surface area contributed by atoms with Crippen LogP contribution in [-0.2, 0) is 21.8 Å². The first-order chi connectivity index (χ1) is 9.18. The summed E-state index contributed by atoms with van der Waals surface area (Å²) in [5, 5.41) is 5.16. The zero-order valence-electron chi connectivity index (χ0n) is 9.92. The Balaban J connectivity index is 1.99. The Bertz CT molecular complexity index is 548. The second-order valence-corrected chi connectivity index (χ2v) is 5.07. The Morgan fingerprint density at radius 3 is 2.42 bits per heavy atom. The van der Waals surface area contributed by atoms with Crippen LogP contribution in [-0.4, -0.2) is 28.0 Å². The highest BCUT2D eigenvalue weighted by atomic mass is 35.5. The zero-order chi connectivity index (χ0) is 13.3. The van der Waals surface area contributed by atoms with Crippen LogP contribution < -0.4 is 0 Å². The van der Waals surface area contributed by atoms with Crippen LogP contribution in [0.3, 0.4) is 0 Å². The van der Waals surface area contributed by atoms with Crippen molar-refractivity contribution in [1.82, 2.24) is 14.8 Å². The molecule has 2 heterocycles. The molecule has 1 aliphatic heterocycles. The topological polar surface area (TPSA) is 49.2 Å². The summed E-state index contributed by atoms with van der Waals surface area (Å²) in [5.41, 5.74) is 0.776. The fourth-order valence-electron chi connectivity index (χ4n) is 2.11. The first-order valence-corrected chi connectivity index (χ1v) is 6.50. The predicted octanol–water partition coefficient (Wildman–Crippen LogP) is 2.48. The Hall–Kier alpha value is -1.14. The van der Waals surface area contributed by atoms with Crippen molar-refractivity contribution in [2.75, 3.05) is 13.2 Å². The highest BCUT2D eigenvalue weighted by Gasteiger charge is 2.40. The number of nitrogens with zero attached hydrogens (tertiary/aromatic N) is 3. The van der Waals surface area contributed by atoms with Gasteiger partial charge in [0, 0.05) is 15.6 Å². The Labute approximate surface area is 120 Å². The lowest BCUT2D eigenvalue weighted by atomic mass is 10.1. The van der Waals surface area contributed by atoms with Gasteiger partial charge in [-0.1, -0.05) is 23.2 Å². The van der Waals surface area contributed by atoms with E-state index >= 15 is 0 Å². The summed E-state index contributed by atoms with van der Waals surface area (Å²) in [4.78, 5) is 3.91. The highest BCUT2D eigenvalue weighted by Crippen LogP contribution is 2.36. The van der Waals surface area contributed by atoms with Crippen molar-refractivity contribution in [1.29, 1.82) is 0 Å². The smallest absolute Gasteiger partial charge is 0.215 e. The van der Waals surface area contributed by atoms with E-state index in [4.69, 9.17) is 32.7 Å². The summed E-state index contributed by atoms with van der Waals surface area (Å²) in [7, 11) is 0. The SMILES string of the molecule is Clc1cc(Cl)cc(C2(Cn3cncn3)OCCO2)c1. The minimum atomic E-state index is -0.914. The molecule has 0 radical (unpaired) electrons. The summed E-state index contributed by atoms with van der Waals surface area (Å²) in [6.45, 7) is 1.42. The van der Waals surface area contributed by atoms with Crippen LogP contribution in [0.2, 0.25) is 10.0 Å². The minimum Gasteiger partial charge on any atom is -0.342 e. The average Bonchev–Trinajstić information content (AvgIpc) is 3.00. The molecule has 2 aromatic rings. The van der Waals surface area contributed by atoms with E-state index in [-0.39, 0.29) is 0 Å². The van der Waals surface area contributed by atoms with Crippen molar-refractivity contribution in [3.8, 4) is 0 Å². The molecule has 0 unspecified atom stereocenters. The van der Waals surface area contributed by atoms with Crippen LogP contribution in [0.15, 0.2) is 30.9 Å². The molecule has 1 aliphatic rings. The molecule has 5 nitrogen and oxygen atoms in total. The average molecular weight is 300 g/mol. The van der Waals surface area contributed by atoms with E-state index in [1.807, 2.05) is 0 Å². The van der Waals surface area contributed by atoms with Gasteiger partial charge >= 0.3 is 0 Å². The normalized spacial score (nSPS) is 17.8. The minimum absolute atomic E-state index is 0.393. The number of halogens is 2.